The molecule has 3 N–H and O–H groups in total. The predicted molar refractivity (Wildman–Crippen MR) is 57.9 cm³/mol. The highest BCUT2D eigenvalue weighted by Crippen LogP contribution is 2.04. The van der Waals surface area contributed by atoms with Crippen LogP contribution in [-0.2, 0) is 9.53 Å². The zero-order valence-corrected chi connectivity index (χ0v) is 8.90. The fourth-order valence-corrected chi connectivity index (χ4v) is 1.04. The number of nitrogens with zero attached hydrogens (tertiary/aromatic N) is 1. The van der Waals surface area contributed by atoms with E-state index in [1.54, 1.807) is 12.1 Å². The second-order valence-corrected chi connectivity index (χ2v) is 3.05. The van der Waals surface area contributed by atoms with Gasteiger partial charge >= 0.3 is 5.97 Å². The quantitative estimate of drug-likeness (QED) is 0.693. The van der Waals surface area contributed by atoms with Gasteiger partial charge in [0.2, 0.25) is 5.91 Å². The van der Waals surface area contributed by atoms with Crippen LogP contribution in [0.5, 0.6) is 0 Å². The maximum atomic E-state index is 10.8. The third kappa shape index (κ3) is 3.56. The highest BCUT2D eigenvalue weighted by Gasteiger charge is 2.02. The predicted octanol–water partition coefficient (Wildman–Crippen LogP) is 0.155. The number of nitrogens with one attached hydrogen (secondary N) is 1. The first-order valence-electron chi connectivity index (χ1n) is 4.70. The minimum Gasteiger partial charge on any atom is -0.469 e. The lowest BCUT2D eigenvalue weighted by atomic mass is 10.3. The average molecular weight is 223 g/mol. The van der Waals surface area contributed by atoms with E-state index in [1.165, 1.54) is 13.3 Å². The number of pyridine rings is 1. The molecular weight excluding hydrogens is 210 g/mol. The van der Waals surface area contributed by atoms with E-state index in [0.717, 1.165) is 0 Å². The molecule has 16 heavy (non-hydrogen) atoms. The maximum absolute atomic E-state index is 10.8. The second kappa shape index (κ2) is 5.69. The Bertz CT molecular complexity index is 375. The molecular formula is C10H13N3O3. The summed E-state index contributed by atoms with van der Waals surface area (Å²) in [5.41, 5.74) is 5.41. The van der Waals surface area contributed by atoms with E-state index in [9.17, 15) is 9.59 Å². The van der Waals surface area contributed by atoms with Gasteiger partial charge in [0.1, 0.15) is 5.82 Å². The number of primary amides is 1. The Morgan fingerprint density at radius 2 is 2.25 bits per heavy atom. The van der Waals surface area contributed by atoms with Crippen molar-refractivity contribution >= 4 is 17.7 Å². The Morgan fingerprint density at radius 3 is 2.75 bits per heavy atom. The number of carbonyl (C=O) groups excluding carboxylic acids is 2. The molecule has 0 bridgehead atoms. The van der Waals surface area contributed by atoms with Gasteiger partial charge in [0.05, 0.1) is 19.1 Å². The summed E-state index contributed by atoms with van der Waals surface area (Å²) < 4.78 is 4.48. The first kappa shape index (κ1) is 12.0. The van der Waals surface area contributed by atoms with Crippen LogP contribution >= 0.6 is 0 Å². The van der Waals surface area contributed by atoms with Gasteiger partial charge in [-0.1, -0.05) is 0 Å². The van der Waals surface area contributed by atoms with Crippen LogP contribution in [0.3, 0.4) is 0 Å². The van der Waals surface area contributed by atoms with Crippen molar-refractivity contribution in [2.75, 3.05) is 19.0 Å². The number of ether oxygens (including phenoxy) is 1. The lowest BCUT2D eigenvalue weighted by Crippen LogP contribution is -2.13. The van der Waals surface area contributed by atoms with Crippen LogP contribution in [0.4, 0.5) is 5.82 Å². The summed E-state index contributed by atoms with van der Waals surface area (Å²) in [6.45, 7) is 0.426. The summed E-state index contributed by atoms with van der Waals surface area (Å²) in [5, 5.41) is 2.91. The van der Waals surface area contributed by atoms with Crippen LogP contribution in [0.1, 0.15) is 16.8 Å². The molecule has 1 aromatic rings. The summed E-state index contributed by atoms with van der Waals surface area (Å²) in [6, 6.07) is 3.19. The number of carbonyl (C=O) groups is 2. The molecule has 0 radical (unpaired) electrons. The van der Waals surface area contributed by atoms with Crippen LogP contribution in [-0.4, -0.2) is 30.5 Å². The van der Waals surface area contributed by atoms with E-state index in [2.05, 4.69) is 15.0 Å². The van der Waals surface area contributed by atoms with Crippen molar-refractivity contribution in [1.29, 1.82) is 0 Å². The van der Waals surface area contributed by atoms with E-state index in [0.29, 0.717) is 17.9 Å². The smallest absolute Gasteiger partial charge is 0.307 e. The van der Waals surface area contributed by atoms with E-state index in [-0.39, 0.29) is 12.4 Å². The number of rotatable bonds is 5. The van der Waals surface area contributed by atoms with Gasteiger partial charge in [-0.3, -0.25) is 9.59 Å². The molecule has 0 aliphatic carbocycles. The summed E-state index contributed by atoms with van der Waals surface area (Å²) in [6.07, 6.45) is 1.64. The van der Waals surface area contributed by atoms with Crippen molar-refractivity contribution in [2.45, 2.75) is 6.42 Å². The minimum atomic E-state index is -0.520. The number of esters is 1. The molecule has 0 aliphatic rings. The number of nitrogens with two attached hydrogens (primary N) is 1. The molecule has 0 aliphatic heterocycles. The summed E-state index contributed by atoms with van der Waals surface area (Å²) in [4.78, 5) is 25.5. The van der Waals surface area contributed by atoms with Crippen molar-refractivity contribution in [3.05, 3.63) is 23.9 Å². The highest BCUT2D eigenvalue weighted by atomic mass is 16.5. The van der Waals surface area contributed by atoms with Crippen molar-refractivity contribution in [1.82, 2.24) is 4.98 Å². The van der Waals surface area contributed by atoms with Crippen molar-refractivity contribution in [2.24, 2.45) is 5.73 Å². The molecule has 0 unspecified atom stereocenters. The number of methoxy groups -OCH3 is 1. The topological polar surface area (TPSA) is 94.3 Å². The number of hydrogen-bond donors (Lipinski definition) is 2. The fraction of sp³-hybridized carbons (Fsp3) is 0.300. The summed E-state index contributed by atoms with van der Waals surface area (Å²) in [7, 11) is 1.34. The molecule has 86 valence electrons. The Kier molecular flexibility index (Phi) is 4.26. The zero-order valence-electron chi connectivity index (χ0n) is 8.90. The van der Waals surface area contributed by atoms with Gasteiger partial charge in [-0.25, -0.2) is 4.98 Å². The molecule has 0 atom stereocenters. The Hall–Kier alpha value is -2.11. The molecule has 0 saturated heterocycles. The second-order valence-electron chi connectivity index (χ2n) is 3.05. The average Bonchev–Trinajstić information content (AvgIpc) is 2.29. The molecule has 0 saturated carbocycles. The monoisotopic (exact) mass is 223 g/mol. The van der Waals surface area contributed by atoms with Gasteiger partial charge in [-0.05, 0) is 12.1 Å². The first-order chi connectivity index (χ1) is 7.63. The summed E-state index contributed by atoms with van der Waals surface area (Å²) >= 11 is 0. The maximum Gasteiger partial charge on any atom is 0.307 e. The van der Waals surface area contributed by atoms with E-state index >= 15 is 0 Å². The van der Waals surface area contributed by atoms with Gasteiger partial charge in [0, 0.05) is 12.7 Å². The molecule has 1 heterocycles. The number of anilines is 1. The summed E-state index contributed by atoms with van der Waals surface area (Å²) in [5.74, 6) is -0.233. The van der Waals surface area contributed by atoms with E-state index < -0.39 is 5.91 Å². The van der Waals surface area contributed by atoms with Gasteiger partial charge in [-0.15, -0.1) is 0 Å². The normalized spacial score (nSPS) is 9.56. The largest absolute Gasteiger partial charge is 0.469 e. The molecule has 1 rings (SSSR count). The van der Waals surface area contributed by atoms with E-state index in [4.69, 9.17) is 5.73 Å². The molecule has 6 heteroatoms. The minimum absolute atomic E-state index is 0.260. The third-order valence-electron chi connectivity index (χ3n) is 1.91. The molecule has 1 aromatic heterocycles. The Labute approximate surface area is 92.8 Å². The van der Waals surface area contributed by atoms with Crippen LogP contribution in [0.2, 0.25) is 0 Å². The van der Waals surface area contributed by atoms with Gasteiger partial charge in [0.25, 0.3) is 0 Å². The van der Waals surface area contributed by atoms with Crippen molar-refractivity contribution in [3.8, 4) is 0 Å². The Morgan fingerprint density at radius 1 is 1.50 bits per heavy atom. The lowest BCUT2D eigenvalue weighted by molar-refractivity contribution is -0.140. The van der Waals surface area contributed by atoms with Crippen LogP contribution in [0, 0.1) is 0 Å². The standard InChI is InChI=1S/C10H13N3O3/c1-16-9(14)4-5-12-8-3-2-7(6-13-8)10(11)15/h2-3,6H,4-5H2,1H3,(H2,11,15)(H,12,13). The van der Waals surface area contributed by atoms with Crippen molar-refractivity contribution in [3.63, 3.8) is 0 Å². The third-order valence-corrected chi connectivity index (χ3v) is 1.91. The zero-order chi connectivity index (χ0) is 12.0. The molecule has 6 nitrogen and oxygen atoms in total. The Balaban J connectivity index is 2.43. The van der Waals surface area contributed by atoms with Crippen molar-refractivity contribution < 1.29 is 14.3 Å². The van der Waals surface area contributed by atoms with Gasteiger partial charge in [-0.2, -0.15) is 0 Å². The van der Waals surface area contributed by atoms with Crippen LogP contribution in [0.15, 0.2) is 18.3 Å². The molecule has 0 spiro atoms. The van der Waals surface area contributed by atoms with Crippen LogP contribution < -0.4 is 11.1 Å². The van der Waals surface area contributed by atoms with E-state index in [1.807, 2.05) is 0 Å². The molecule has 1 amide bonds. The first-order valence-corrected chi connectivity index (χ1v) is 4.70. The number of hydrogen-bond acceptors (Lipinski definition) is 5. The number of aromatic nitrogens is 1. The lowest BCUT2D eigenvalue weighted by Gasteiger charge is -2.04. The van der Waals surface area contributed by atoms with Gasteiger partial charge in [0.15, 0.2) is 0 Å². The SMILES string of the molecule is COC(=O)CCNc1ccc(C(N)=O)cn1. The van der Waals surface area contributed by atoms with Crippen LogP contribution in [0.25, 0.3) is 0 Å². The molecule has 0 fully saturated rings. The highest BCUT2D eigenvalue weighted by molar-refractivity contribution is 5.92. The fourth-order valence-electron chi connectivity index (χ4n) is 1.04. The number of amides is 1. The van der Waals surface area contributed by atoms with Gasteiger partial charge < -0.3 is 15.8 Å². The molecule has 0 aromatic carbocycles.